The van der Waals surface area contributed by atoms with Gasteiger partial charge in [-0.15, -0.1) is 11.3 Å². The highest BCUT2D eigenvalue weighted by Crippen LogP contribution is 2.27. The second kappa shape index (κ2) is 7.98. The normalized spacial score (nSPS) is 18.5. The minimum absolute atomic E-state index is 0.0790. The lowest BCUT2D eigenvalue weighted by atomic mass is 10.1. The molecular formula is C21H26N5O2S+. The molecule has 1 aromatic heterocycles. The van der Waals surface area contributed by atoms with Crippen molar-refractivity contribution in [2.45, 2.75) is 0 Å². The van der Waals surface area contributed by atoms with Crippen LogP contribution < -0.4 is 5.32 Å². The summed E-state index contributed by atoms with van der Waals surface area (Å²) in [6, 6.07) is 7.58. The summed E-state index contributed by atoms with van der Waals surface area (Å²) in [7, 11) is 4.40. The molecule has 0 aliphatic carbocycles. The topological polar surface area (TPSA) is 68.7 Å². The number of rotatable bonds is 4. The van der Waals surface area contributed by atoms with E-state index in [9.17, 15) is 10.0 Å². The first-order chi connectivity index (χ1) is 13.9. The molecular weight excluding hydrogens is 386 g/mol. The molecule has 0 radical (unpaired) electrons. The first-order valence-corrected chi connectivity index (χ1v) is 10.5. The van der Waals surface area contributed by atoms with Gasteiger partial charge in [-0.2, -0.15) is 0 Å². The molecule has 0 atom stereocenters. The summed E-state index contributed by atoms with van der Waals surface area (Å²) >= 11 is 1.50. The quantitative estimate of drug-likeness (QED) is 0.756. The number of amides is 1. The first-order valence-electron chi connectivity index (χ1n) is 9.67. The number of carbonyl (C=O) groups excluding carboxylic acids is 1. The molecule has 1 amide bonds. The van der Waals surface area contributed by atoms with Crippen molar-refractivity contribution in [1.29, 1.82) is 0 Å². The van der Waals surface area contributed by atoms with Gasteiger partial charge in [-0.05, 0) is 24.3 Å². The number of benzene rings is 1. The number of nitrogens with one attached hydrogen (secondary N) is 1. The van der Waals surface area contributed by atoms with Crippen LogP contribution in [0.25, 0.3) is 5.57 Å². The lowest BCUT2D eigenvalue weighted by Crippen LogP contribution is -2.56. The predicted octanol–water partition coefficient (Wildman–Crippen LogP) is 3.02. The zero-order valence-corrected chi connectivity index (χ0v) is 17.5. The molecule has 0 unspecified atom stereocenters. The molecule has 2 aromatic rings. The average Bonchev–Trinajstić information content (AvgIpc) is 3.16. The van der Waals surface area contributed by atoms with Crippen LogP contribution in [0.3, 0.4) is 0 Å². The average molecular weight is 413 g/mol. The number of quaternary nitrogens is 1. The molecule has 4 rings (SSSR count). The fourth-order valence-corrected chi connectivity index (χ4v) is 4.18. The third-order valence-corrected chi connectivity index (χ3v) is 6.08. The van der Waals surface area contributed by atoms with Gasteiger partial charge in [-0.1, -0.05) is 12.1 Å². The van der Waals surface area contributed by atoms with E-state index in [1.807, 2.05) is 40.6 Å². The van der Waals surface area contributed by atoms with Crippen LogP contribution in [-0.4, -0.2) is 77.4 Å². The van der Waals surface area contributed by atoms with E-state index in [0.717, 1.165) is 57.8 Å². The molecule has 7 nitrogen and oxygen atoms in total. The van der Waals surface area contributed by atoms with Gasteiger partial charge >= 0.3 is 0 Å². The maximum absolute atomic E-state index is 12.9. The Morgan fingerprint density at radius 2 is 2.07 bits per heavy atom. The molecule has 0 saturated carbocycles. The minimum atomic E-state index is 0.0790. The Balaban J connectivity index is 1.44. The summed E-state index contributed by atoms with van der Waals surface area (Å²) in [4.78, 5) is 19.4. The smallest absolute Gasteiger partial charge is 0.254 e. The molecule has 2 aliphatic rings. The molecule has 152 valence electrons. The Hall–Kier alpha value is -2.68. The third-order valence-electron chi connectivity index (χ3n) is 5.32. The number of likely N-dealkylation sites (N-methyl/N-ethyl adjacent to an activating group) is 1. The second-order valence-corrected chi connectivity index (χ2v) is 8.91. The van der Waals surface area contributed by atoms with E-state index >= 15 is 0 Å². The molecule has 2 N–H and O–H groups in total. The minimum Gasteiger partial charge on any atom is -0.332 e. The van der Waals surface area contributed by atoms with Crippen molar-refractivity contribution < 1.29 is 14.5 Å². The highest BCUT2D eigenvalue weighted by atomic mass is 32.1. The number of thiazole rings is 1. The summed E-state index contributed by atoms with van der Waals surface area (Å²) in [6.07, 6.45) is 5.35. The second-order valence-electron chi connectivity index (χ2n) is 8.05. The highest BCUT2D eigenvalue weighted by molar-refractivity contribution is 7.13. The molecule has 29 heavy (non-hydrogen) atoms. The van der Waals surface area contributed by atoms with Crippen LogP contribution >= 0.6 is 11.3 Å². The summed E-state index contributed by atoms with van der Waals surface area (Å²) in [5, 5.41) is 16.8. The SMILES string of the molecule is C[N+]1(C)CCN(C(=O)c2cccc(Nc3nc(C4=CC=CN(O)C4)cs3)c2)CC1. The lowest BCUT2D eigenvalue weighted by Gasteiger charge is -2.39. The number of hydroxylamine groups is 2. The fourth-order valence-electron chi connectivity index (χ4n) is 3.43. The molecule has 1 aromatic carbocycles. The summed E-state index contributed by atoms with van der Waals surface area (Å²) in [5.74, 6) is 0.0790. The van der Waals surface area contributed by atoms with Crippen molar-refractivity contribution in [3.8, 4) is 0 Å². The van der Waals surface area contributed by atoms with Crippen molar-refractivity contribution >= 4 is 33.6 Å². The van der Waals surface area contributed by atoms with Gasteiger partial charge in [-0.3, -0.25) is 15.1 Å². The predicted molar refractivity (Wildman–Crippen MR) is 115 cm³/mol. The fraction of sp³-hybridized carbons (Fsp3) is 0.333. The summed E-state index contributed by atoms with van der Waals surface area (Å²) < 4.78 is 0.956. The van der Waals surface area contributed by atoms with Crippen molar-refractivity contribution in [3.63, 3.8) is 0 Å². The largest absolute Gasteiger partial charge is 0.332 e. The van der Waals surface area contributed by atoms with E-state index in [2.05, 4.69) is 24.4 Å². The number of allylic oxidation sites excluding steroid dienone is 2. The Kier molecular flexibility index (Phi) is 5.40. The third kappa shape index (κ3) is 4.67. The zero-order chi connectivity index (χ0) is 20.4. The van der Waals surface area contributed by atoms with E-state index in [-0.39, 0.29) is 5.91 Å². The number of aromatic nitrogens is 1. The van der Waals surface area contributed by atoms with Crippen LogP contribution in [0.4, 0.5) is 10.8 Å². The maximum atomic E-state index is 12.9. The highest BCUT2D eigenvalue weighted by Gasteiger charge is 2.27. The Bertz CT molecular complexity index is 955. The molecule has 3 heterocycles. The standard InChI is InChI=1S/C21H26N5O2S/c1-26(2)11-9-24(10-12-26)20(27)16-5-3-7-18(13-16)22-21-23-19(15-29-21)17-6-4-8-25(28)14-17/h3-8,13,15,28H,9-12,14H2,1-2H3,(H,22,23)/q+1. The van der Waals surface area contributed by atoms with Gasteiger partial charge in [-0.25, -0.2) is 4.98 Å². The molecule has 0 bridgehead atoms. The van der Waals surface area contributed by atoms with Gasteiger partial charge < -0.3 is 14.7 Å². The number of hydrogen-bond acceptors (Lipinski definition) is 6. The van der Waals surface area contributed by atoms with Crippen LogP contribution in [0.2, 0.25) is 0 Å². The van der Waals surface area contributed by atoms with Gasteiger partial charge in [0.05, 0.1) is 52.5 Å². The molecule has 1 saturated heterocycles. The molecule has 1 fully saturated rings. The van der Waals surface area contributed by atoms with Crippen molar-refractivity contribution in [3.05, 3.63) is 59.3 Å². The van der Waals surface area contributed by atoms with Crippen LogP contribution in [0, 0.1) is 0 Å². The van der Waals surface area contributed by atoms with Gasteiger partial charge in [0.15, 0.2) is 5.13 Å². The van der Waals surface area contributed by atoms with Crippen molar-refractivity contribution in [1.82, 2.24) is 14.9 Å². The van der Waals surface area contributed by atoms with E-state index < -0.39 is 0 Å². The Labute approximate surface area is 174 Å². The number of carbonyl (C=O) groups is 1. The number of nitrogens with zero attached hydrogens (tertiary/aromatic N) is 4. The van der Waals surface area contributed by atoms with E-state index in [0.29, 0.717) is 12.1 Å². The summed E-state index contributed by atoms with van der Waals surface area (Å²) in [6.45, 7) is 3.92. The van der Waals surface area contributed by atoms with Crippen LogP contribution in [0.1, 0.15) is 16.1 Å². The van der Waals surface area contributed by atoms with Gasteiger partial charge in [0.1, 0.15) is 0 Å². The molecule has 0 spiro atoms. The van der Waals surface area contributed by atoms with Crippen LogP contribution in [0.5, 0.6) is 0 Å². The lowest BCUT2D eigenvalue weighted by molar-refractivity contribution is -0.894. The van der Waals surface area contributed by atoms with E-state index in [4.69, 9.17) is 0 Å². The summed E-state index contributed by atoms with van der Waals surface area (Å²) in [5.41, 5.74) is 3.32. The first kappa shape index (κ1) is 19.6. The maximum Gasteiger partial charge on any atom is 0.254 e. The number of hydrogen-bond donors (Lipinski definition) is 2. The number of anilines is 2. The number of piperazine rings is 1. The van der Waals surface area contributed by atoms with E-state index in [1.165, 1.54) is 11.3 Å². The Morgan fingerprint density at radius 1 is 1.28 bits per heavy atom. The van der Waals surface area contributed by atoms with Crippen LogP contribution in [0.15, 0.2) is 48.0 Å². The van der Waals surface area contributed by atoms with Gasteiger partial charge in [0, 0.05) is 28.4 Å². The molecule has 2 aliphatic heterocycles. The van der Waals surface area contributed by atoms with Crippen molar-refractivity contribution in [2.75, 3.05) is 52.1 Å². The van der Waals surface area contributed by atoms with Crippen LogP contribution in [-0.2, 0) is 0 Å². The zero-order valence-electron chi connectivity index (χ0n) is 16.7. The monoisotopic (exact) mass is 412 g/mol. The van der Waals surface area contributed by atoms with Crippen molar-refractivity contribution in [2.24, 2.45) is 0 Å². The molecule has 8 heteroatoms. The van der Waals surface area contributed by atoms with E-state index in [1.54, 1.807) is 12.3 Å². The van der Waals surface area contributed by atoms with Gasteiger partial charge in [0.2, 0.25) is 0 Å². The van der Waals surface area contributed by atoms with Gasteiger partial charge in [0.25, 0.3) is 5.91 Å². The Morgan fingerprint density at radius 3 is 2.83 bits per heavy atom.